The monoisotopic (exact) mass is 844 g/mol. The van der Waals surface area contributed by atoms with Gasteiger partial charge in [0, 0.05) is 40.8 Å². The van der Waals surface area contributed by atoms with Crippen LogP contribution in [0.1, 0.15) is 125 Å². The van der Waals surface area contributed by atoms with Gasteiger partial charge in [0.05, 0.1) is 50.1 Å². The van der Waals surface area contributed by atoms with Crippen LogP contribution >= 0.6 is 0 Å². The number of methoxy groups -OCH3 is 2. The lowest BCUT2D eigenvalue weighted by molar-refractivity contribution is -0.136. The standard InChI is InChI=1S/C47H56N8O7/c1-60-45(58)52-39(27-9-3-4-10-27)43(56)54-21-7-13-35(54)41-48-25-33(50-41)29-16-18-37-32(23-29)47(19-20-47)31-17-15-30(24-38(31)62-37)34-26-49-42(51-34)36-14-8-22-55(36)44(57)40(53-46(59)61-2)28-11-5-6-12-28/h15-18,23-28,35-36,39-40H,3-14,19-22H2,1-2H3,(H,48,50)(H,49,51)(H,52,58)(H,53,59)/t35-,36-,39-,40-/m0/s1. The molecule has 2 saturated heterocycles. The third-order valence-corrected chi connectivity index (χ3v) is 14.7. The van der Waals surface area contributed by atoms with Crippen LogP contribution in [0.25, 0.3) is 22.5 Å². The predicted molar refractivity (Wildman–Crippen MR) is 228 cm³/mol. The molecule has 4 atom stereocenters. The van der Waals surface area contributed by atoms with E-state index in [4.69, 9.17) is 24.2 Å². The summed E-state index contributed by atoms with van der Waals surface area (Å²) >= 11 is 0. The number of fused-ring (bicyclic) bond motifs is 4. The summed E-state index contributed by atoms with van der Waals surface area (Å²) < 4.78 is 16.5. The topological polar surface area (TPSA) is 184 Å². The van der Waals surface area contributed by atoms with E-state index in [9.17, 15) is 19.2 Å². The molecule has 2 aromatic heterocycles. The van der Waals surface area contributed by atoms with Gasteiger partial charge in [-0.3, -0.25) is 9.59 Å². The molecule has 10 rings (SSSR count). The van der Waals surface area contributed by atoms with E-state index in [1.165, 1.54) is 14.2 Å². The Balaban J connectivity index is 0.851. The maximum atomic E-state index is 14.0. The Morgan fingerprint density at radius 2 is 1.16 bits per heavy atom. The number of ether oxygens (including phenoxy) is 3. The van der Waals surface area contributed by atoms with Crippen molar-refractivity contribution >= 4 is 24.0 Å². The third-order valence-electron chi connectivity index (χ3n) is 14.7. The van der Waals surface area contributed by atoms with E-state index in [-0.39, 0.29) is 41.1 Å². The number of amides is 4. The van der Waals surface area contributed by atoms with E-state index in [0.717, 1.165) is 147 Å². The van der Waals surface area contributed by atoms with Gasteiger partial charge in [-0.1, -0.05) is 37.8 Å². The van der Waals surface area contributed by atoms with Crippen molar-refractivity contribution in [1.82, 2.24) is 40.4 Å². The van der Waals surface area contributed by atoms with Crippen LogP contribution in [0.5, 0.6) is 11.5 Å². The van der Waals surface area contributed by atoms with Crippen molar-refractivity contribution in [2.24, 2.45) is 11.8 Å². The lowest BCUT2D eigenvalue weighted by atomic mass is 9.83. The average molecular weight is 845 g/mol. The highest BCUT2D eigenvalue weighted by molar-refractivity contribution is 5.87. The van der Waals surface area contributed by atoms with E-state index < -0.39 is 24.3 Å². The number of aromatic amines is 2. The predicted octanol–water partition coefficient (Wildman–Crippen LogP) is 7.81. The number of rotatable bonds is 10. The van der Waals surface area contributed by atoms with Gasteiger partial charge in [-0.05, 0) is 100 Å². The number of alkyl carbamates (subject to hydrolysis) is 2. The van der Waals surface area contributed by atoms with Crippen molar-refractivity contribution in [3.8, 4) is 34.0 Å². The van der Waals surface area contributed by atoms with Crippen LogP contribution in [-0.2, 0) is 24.5 Å². The number of likely N-dealkylation sites (tertiary alicyclic amines) is 2. The molecular weight excluding hydrogens is 789 g/mol. The van der Waals surface area contributed by atoms with Crippen LogP contribution in [0.15, 0.2) is 48.8 Å². The van der Waals surface area contributed by atoms with E-state index in [1.54, 1.807) is 0 Å². The van der Waals surface area contributed by atoms with E-state index in [1.807, 2.05) is 28.3 Å². The Bertz CT molecular complexity index is 2360. The van der Waals surface area contributed by atoms with Crippen LogP contribution in [0.3, 0.4) is 0 Å². The van der Waals surface area contributed by atoms with Crippen molar-refractivity contribution in [3.05, 3.63) is 71.6 Å². The molecule has 326 valence electrons. The Morgan fingerprint density at radius 3 is 1.66 bits per heavy atom. The van der Waals surface area contributed by atoms with Crippen LogP contribution in [0.4, 0.5) is 9.59 Å². The van der Waals surface area contributed by atoms with Gasteiger partial charge in [-0.25, -0.2) is 19.6 Å². The van der Waals surface area contributed by atoms with Crippen LogP contribution in [-0.4, -0.2) is 93.1 Å². The molecule has 4 aromatic rings. The van der Waals surface area contributed by atoms with E-state index in [2.05, 4.69) is 50.9 Å². The second-order valence-corrected chi connectivity index (χ2v) is 18.2. The van der Waals surface area contributed by atoms with Gasteiger partial charge in [-0.2, -0.15) is 0 Å². The summed E-state index contributed by atoms with van der Waals surface area (Å²) in [6, 6.07) is 11.1. The fraction of sp³-hybridized carbons (Fsp3) is 0.532. The number of H-pyrrole nitrogens is 2. The molecule has 3 aliphatic heterocycles. The molecule has 15 heteroatoms. The number of carbonyl (C=O) groups excluding carboxylic acids is 4. The zero-order chi connectivity index (χ0) is 42.5. The summed E-state index contributed by atoms with van der Waals surface area (Å²) in [5.41, 5.74) is 5.86. The highest BCUT2D eigenvalue weighted by Crippen LogP contribution is 2.62. The Morgan fingerprint density at radius 1 is 0.661 bits per heavy atom. The molecule has 3 saturated carbocycles. The lowest BCUT2D eigenvalue weighted by Gasteiger charge is -2.31. The molecule has 2 aromatic carbocycles. The van der Waals surface area contributed by atoms with Crippen LogP contribution in [0, 0.1) is 11.8 Å². The summed E-state index contributed by atoms with van der Waals surface area (Å²) in [4.78, 5) is 73.1. The first-order valence-electron chi connectivity index (χ1n) is 22.6. The summed E-state index contributed by atoms with van der Waals surface area (Å²) in [6.07, 6.45) is 15.7. The highest BCUT2D eigenvalue weighted by atomic mass is 16.5. The normalized spacial score (nSPS) is 22.5. The quantitative estimate of drug-likeness (QED) is 0.124. The minimum absolute atomic E-state index is 0.0644. The van der Waals surface area contributed by atoms with Gasteiger partial charge in [0.15, 0.2) is 0 Å². The number of hydrogen-bond donors (Lipinski definition) is 4. The SMILES string of the molecule is COC(=O)N[C@H](C(=O)N1CCC[C@H]1c1ncc(-c2ccc3c(c2)Oc2ccc(-c4cnc([C@@H]5CCCN5C(=O)[C@@H](NC(=O)OC)C5CCCC5)[nH]4)cc2C32CC2)[nH]1)C1CCCC1. The Kier molecular flexibility index (Phi) is 10.7. The number of imidazole rings is 2. The molecule has 0 bridgehead atoms. The summed E-state index contributed by atoms with van der Waals surface area (Å²) in [5, 5.41) is 5.71. The fourth-order valence-electron chi connectivity index (χ4n) is 11.3. The van der Waals surface area contributed by atoms with Crippen molar-refractivity contribution in [2.45, 2.75) is 119 Å². The molecule has 5 fully saturated rings. The maximum Gasteiger partial charge on any atom is 0.407 e. The molecule has 0 unspecified atom stereocenters. The number of carbonyl (C=O) groups is 4. The maximum absolute atomic E-state index is 14.0. The molecule has 0 radical (unpaired) electrons. The average Bonchev–Trinajstić information content (AvgIpc) is 4.09. The van der Waals surface area contributed by atoms with Crippen molar-refractivity contribution in [3.63, 3.8) is 0 Å². The third kappa shape index (κ3) is 7.26. The minimum atomic E-state index is -0.610. The minimum Gasteiger partial charge on any atom is -0.457 e. The fourth-order valence-corrected chi connectivity index (χ4v) is 11.3. The summed E-state index contributed by atoms with van der Waals surface area (Å²) in [7, 11) is 2.66. The number of benzene rings is 2. The van der Waals surface area contributed by atoms with Gasteiger partial charge in [-0.15, -0.1) is 0 Å². The number of hydrogen-bond acceptors (Lipinski definition) is 9. The van der Waals surface area contributed by atoms with Gasteiger partial charge >= 0.3 is 12.2 Å². The van der Waals surface area contributed by atoms with Crippen molar-refractivity contribution in [1.29, 1.82) is 0 Å². The van der Waals surface area contributed by atoms with Crippen molar-refractivity contribution < 1.29 is 33.4 Å². The van der Waals surface area contributed by atoms with Gasteiger partial charge in [0.2, 0.25) is 11.8 Å². The van der Waals surface area contributed by atoms with Crippen LogP contribution in [0.2, 0.25) is 0 Å². The summed E-state index contributed by atoms with van der Waals surface area (Å²) in [5.74, 6) is 3.22. The van der Waals surface area contributed by atoms with Gasteiger partial charge in [0.25, 0.3) is 0 Å². The van der Waals surface area contributed by atoms with E-state index >= 15 is 0 Å². The summed E-state index contributed by atoms with van der Waals surface area (Å²) in [6.45, 7) is 1.23. The van der Waals surface area contributed by atoms with Gasteiger partial charge < -0.3 is 44.6 Å². The molecular formula is C47H56N8O7. The molecule has 6 aliphatic rings. The second kappa shape index (κ2) is 16.4. The zero-order valence-electron chi connectivity index (χ0n) is 35.5. The largest absolute Gasteiger partial charge is 0.457 e. The first kappa shape index (κ1) is 40.2. The molecule has 3 aliphatic carbocycles. The highest BCUT2D eigenvalue weighted by Gasteiger charge is 2.52. The number of nitrogens with one attached hydrogen (secondary N) is 4. The first-order valence-corrected chi connectivity index (χ1v) is 22.6. The molecule has 5 heterocycles. The molecule has 4 amide bonds. The smallest absolute Gasteiger partial charge is 0.407 e. The zero-order valence-corrected chi connectivity index (χ0v) is 35.5. The Hall–Kier alpha value is -5.86. The first-order chi connectivity index (χ1) is 30.2. The van der Waals surface area contributed by atoms with Crippen LogP contribution < -0.4 is 15.4 Å². The number of nitrogens with zero attached hydrogens (tertiary/aromatic N) is 4. The lowest BCUT2D eigenvalue weighted by Crippen LogP contribution is -2.51. The van der Waals surface area contributed by atoms with Gasteiger partial charge in [0.1, 0.15) is 35.2 Å². The molecule has 4 N–H and O–H groups in total. The molecule has 15 nitrogen and oxygen atoms in total. The second-order valence-electron chi connectivity index (χ2n) is 18.2. The van der Waals surface area contributed by atoms with Crippen molar-refractivity contribution in [2.75, 3.05) is 27.3 Å². The van der Waals surface area contributed by atoms with E-state index in [0.29, 0.717) is 13.1 Å². The molecule has 62 heavy (non-hydrogen) atoms. The Labute approximate surface area is 361 Å². The molecule has 1 spiro atoms. The number of aromatic nitrogens is 4.